The number of sulfonamides is 1. The molecule has 0 spiro atoms. The van der Waals surface area contributed by atoms with E-state index in [0.717, 1.165) is 18.9 Å². The van der Waals surface area contributed by atoms with Gasteiger partial charge in [-0.1, -0.05) is 19.1 Å². The smallest absolute Gasteiger partial charge is 0.238 e. The molecule has 0 aliphatic carbocycles. The second-order valence-corrected chi connectivity index (χ2v) is 7.13. The summed E-state index contributed by atoms with van der Waals surface area (Å²) < 4.78 is 28.9. The average molecular weight is 348 g/mol. The van der Waals surface area contributed by atoms with E-state index in [1.54, 1.807) is 12.1 Å². The molecule has 7 nitrogen and oxygen atoms in total. The summed E-state index contributed by atoms with van der Waals surface area (Å²) >= 11 is 0. The van der Waals surface area contributed by atoms with Gasteiger partial charge >= 0.3 is 0 Å². The Kier molecular flexibility index (Phi) is 4.79. The lowest BCUT2D eigenvalue weighted by atomic mass is 10.1. The summed E-state index contributed by atoms with van der Waals surface area (Å²) in [5.41, 5.74) is 1.98. The van der Waals surface area contributed by atoms with E-state index in [9.17, 15) is 8.42 Å². The first-order valence-electron chi connectivity index (χ1n) is 7.81. The van der Waals surface area contributed by atoms with Crippen LogP contribution in [0.3, 0.4) is 0 Å². The third-order valence-corrected chi connectivity index (χ3v) is 5.03. The highest BCUT2D eigenvalue weighted by molar-refractivity contribution is 7.89. The van der Waals surface area contributed by atoms with E-state index in [1.807, 2.05) is 25.1 Å². The van der Waals surface area contributed by atoms with Gasteiger partial charge in [0.05, 0.1) is 23.8 Å². The van der Waals surface area contributed by atoms with Gasteiger partial charge in [0.15, 0.2) is 5.82 Å². The van der Waals surface area contributed by atoms with E-state index in [2.05, 4.69) is 15.1 Å². The Morgan fingerprint density at radius 2 is 1.92 bits per heavy atom. The number of benzene rings is 1. The molecule has 1 aromatic carbocycles. The number of hydrogen-bond donors (Lipinski definition) is 1. The number of nitrogens with zero attached hydrogens (tertiary/aromatic N) is 3. The van der Waals surface area contributed by atoms with E-state index >= 15 is 0 Å². The topological polar surface area (TPSA) is 98.4 Å². The molecule has 0 atom stereocenters. The molecule has 1 saturated heterocycles. The highest BCUT2D eigenvalue weighted by atomic mass is 32.2. The summed E-state index contributed by atoms with van der Waals surface area (Å²) in [7, 11) is -3.77. The Morgan fingerprint density at radius 3 is 2.50 bits per heavy atom. The lowest BCUT2D eigenvalue weighted by molar-refractivity contribution is 0.122. The zero-order valence-electron chi connectivity index (χ0n) is 13.5. The van der Waals surface area contributed by atoms with Crippen molar-refractivity contribution in [2.24, 2.45) is 5.14 Å². The first-order valence-corrected chi connectivity index (χ1v) is 9.36. The molecule has 0 radical (unpaired) electrons. The van der Waals surface area contributed by atoms with Crippen LogP contribution in [0.4, 0.5) is 5.82 Å². The summed E-state index contributed by atoms with van der Waals surface area (Å²) in [6, 6.07) is 8.90. The molecule has 0 unspecified atom stereocenters. The van der Waals surface area contributed by atoms with Gasteiger partial charge in [-0.05, 0) is 30.2 Å². The Labute approximate surface area is 141 Å². The molecule has 1 aliphatic rings. The summed E-state index contributed by atoms with van der Waals surface area (Å²) in [5.74, 6) is 0.791. The van der Waals surface area contributed by atoms with Crippen LogP contribution in [0.25, 0.3) is 11.3 Å². The zero-order chi connectivity index (χ0) is 17.2. The molecule has 1 fully saturated rings. The molecular formula is C16H20N4O3S. The number of nitrogens with two attached hydrogens (primary N) is 1. The van der Waals surface area contributed by atoms with Gasteiger partial charge in [-0.25, -0.2) is 13.6 Å². The van der Waals surface area contributed by atoms with Crippen LogP contribution >= 0.6 is 0 Å². The first kappa shape index (κ1) is 16.8. The zero-order valence-corrected chi connectivity index (χ0v) is 14.3. The summed E-state index contributed by atoms with van der Waals surface area (Å²) in [6.45, 7) is 4.82. The van der Waals surface area contributed by atoms with Crippen molar-refractivity contribution in [1.29, 1.82) is 0 Å². The fraction of sp³-hybridized carbons (Fsp3) is 0.375. The molecule has 0 saturated carbocycles. The van der Waals surface area contributed by atoms with Crippen LogP contribution in [0.5, 0.6) is 0 Å². The lowest BCUT2D eigenvalue weighted by Crippen LogP contribution is -2.36. The molecule has 2 heterocycles. The predicted molar refractivity (Wildman–Crippen MR) is 91.3 cm³/mol. The number of morpholine rings is 1. The van der Waals surface area contributed by atoms with Crippen molar-refractivity contribution in [3.63, 3.8) is 0 Å². The fourth-order valence-corrected chi connectivity index (χ4v) is 3.58. The Morgan fingerprint density at radius 1 is 1.17 bits per heavy atom. The van der Waals surface area contributed by atoms with Gasteiger partial charge in [-0.3, -0.25) is 0 Å². The van der Waals surface area contributed by atoms with Crippen LogP contribution in [0.15, 0.2) is 35.2 Å². The van der Waals surface area contributed by atoms with Crippen LogP contribution in [-0.4, -0.2) is 44.9 Å². The number of rotatable bonds is 4. The SMILES string of the molecule is CCc1ccc(-c2ccc(N3CCOCC3)nn2)cc1S(N)(=O)=O. The molecule has 0 amide bonds. The van der Waals surface area contributed by atoms with Crippen molar-refractivity contribution in [2.75, 3.05) is 31.2 Å². The van der Waals surface area contributed by atoms with Crippen molar-refractivity contribution >= 4 is 15.8 Å². The molecule has 128 valence electrons. The van der Waals surface area contributed by atoms with E-state index < -0.39 is 10.0 Å². The van der Waals surface area contributed by atoms with E-state index in [1.165, 1.54) is 0 Å². The molecule has 1 aromatic heterocycles. The van der Waals surface area contributed by atoms with Crippen molar-refractivity contribution in [1.82, 2.24) is 10.2 Å². The Bertz CT molecular complexity index is 816. The van der Waals surface area contributed by atoms with Gasteiger partial charge in [0, 0.05) is 18.7 Å². The first-order chi connectivity index (χ1) is 11.5. The quantitative estimate of drug-likeness (QED) is 0.891. The number of aryl methyl sites for hydroxylation is 1. The third kappa shape index (κ3) is 3.55. The maximum Gasteiger partial charge on any atom is 0.238 e. The van der Waals surface area contributed by atoms with Gasteiger partial charge < -0.3 is 9.64 Å². The maximum atomic E-state index is 11.8. The van der Waals surface area contributed by atoms with Crippen LogP contribution in [0.1, 0.15) is 12.5 Å². The van der Waals surface area contributed by atoms with Gasteiger partial charge in [-0.2, -0.15) is 0 Å². The number of primary sulfonamides is 1. The molecule has 0 bridgehead atoms. The van der Waals surface area contributed by atoms with E-state index in [4.69, 9.17) is 9.88 Å². The second kappa shape index (κ2) is 6.84. The Hall–Kier alpha value is -2.03. The summed E-state index contributed by atoms with van der Waals surface area (Å²) in [5, 5.41) is 13.8. The molecular weight excluding hydrogens is 328 g/mol. The number of ether oxygens (including phenoxy) is 1. The Balaban J connectivity index is 1.91. The molecule has 24 heavy (non-hydrogen) atoms. The summed E-state index contributed by atoms with van der Waals surface area (Å²) in [6.07, 6.45) is 0.591. The molecule has 2 aromatic rings. The predicted octanol–water partition coefficient (Wildman–Crippen LogP) is 1.19. The lowest BCUT2D eigenvalue weighted by Gasteiger charge is -2.27. The maximum absolute atomic E-state index is 11.8. The van der Waals surface area contributed by atoms with E-state index in [0.29, 0.717) is 36.5 Å². The largest absolute Gasteiger partial charge is 0.378 e. The van der Waals surface area contributed by atoms with Crippen LogP contribution < -0.4 is 10.0 Å². The van der Waals surface area contributed by atoms with Gasteiger partial charge in [0.25, 0.3) is 0 Å². The number of anilines is 1. The molecule has 1 aliphatic heterocycles. The standard InChI is InChI=1S/C16H20N4O3S/c1-2-12-3-4-13(11-15(12)24(17,21)22)14-5-6-16(19-18-14)20-7-9-23-10-8-20/h3-6,11H,2,7-10H2,1H3,(H2,17,21,22). The third-order valence-electron chi connectivity index (χ3n) is 4.04. The minimum Gasteiger partial charge on any atom is -0.378 e. The molecule has 8 heteroatoms. The second-order valence-electron chi connectivity index (χ2n) is 5.60. The number of aromatic nitrogens is 2. The average Bonchev–Trinajstić information content (AvgIpc) is 2.61. The highest BCUT2D eigenvalue weighted by Gasteiger charge is 2.16. The van der Waals surface area contributed by atoms with Crippen LogP contribution in [0.2, 0.25) is 0 Å². The highest BCUT2D eigenvalue weighted by Crippen LogP contribution is 2.24. The minimum absolute atomic E-state index is 0.140. The van der Waals surface area contributed by atoms with Gasteiger partial charge in [-0.15, -0.1) is 10.2 Å². The summed E-state index contributed by atoms with van der Waals surface area (Å²) in [4.78, 5) is 2.25. The minimum atomic E-state index is -3.77. The van der Waals surface area contributed by atoms with Crippen molar-refractivity contribution < 1.29 is 13.2 Å². The van der Waals surface area contributed by atoms with Crippen LogP contribution in [-0.2, 0) is 21.2 Å². The van der Waals surface area contributed by atoms with Gasteiger partial charge in [0.2, 0.25) is 10.0 Å². The normalized spacial score (nSPS) is 15.5. The fourth-order valence-electron chi connectivity index (χ4n) is 2.71. The van der Waals surface area contributed by atoms with Crippen molar-refractivity contribution in [3.05, 3.63) is 35.9 Å². The molecule has 3 rings (SSSR count). The van der Waals surface area contributed by atoms with Gasteiger partial charge in [0.1, 0.15) is 0 Å². The monoisotopic (exact) mass is 348 g/mol. The van der Waals surface area contributed by atoms with Crippen molar-refractivity contribution in [3.8, 4) is 11.3 Å². The molecule has 2 N–H and O–H groups in total. The number of hydrogen-bond acceptors (Lipinski definition) is 6. The van der Waals surface area contributed by atoms with Crippen LogP contribution in [0, 0.1) is 0 Å². The van der Waals surface area contributed by atoms with Crippen molar-refractivity contribution in [2.45, 2.75) is 18.2 Å². The van der Waals surface area contributed by atoms with E-state index in [-0.39, 0.29) is 4.90 Å².